The zero-order valence-electron chi connectivity index (χ0n) is 10.7. The lowest BCUT2D eigenvalue weighted by Gasteiger charge is -2.33. The lowest BCUT2D eigenvalue weighted by molar-refractivity contribution is 0.288. The largest absolute Gasteiger partial charge is 0.307 e. The zero-order chi connectivity index (χ0) is 13.3. The second-order valence-corrected chi connectivity index (χ2v) is 6.28. The fraction of sp³-hybridized carbons (Fsp3) is 0.571. The first kappa shape index (κ1) is 13.9. The average molecular weight is 318 g/mol. The third-order valence-electron chi connectivity index (χ3n) is 3.52. The molecule has 1 unspecified atom stereocenters. The Morgan fingerprint density at radius 3 is 2.67 bits per heavy atom. The van der Waals surface area contributed by atoms with E-state index in [2.05, 4.69) is 35.1 Å². The van der Waals surface area contributed by atoms with Gasteiger partial charge in [0.2, 0.25) is 0 Å². The minimum absolute atomic E-state index is 0.197. The predicted octanol–water partition coefficient (Wildman–Crippen LogP) is 4.35. The van der Waals surface area contributed by atoms with Crippen molar-refractivity contribution in [2.75, 3.05) is 6.54 Å². The minimum atomic E-state index is -0.549. The first-order chi connectivity index (χ1) is 8.46. The Bertz CT molecular complexity index is 440. The van der Waals surface area contributed by atoms with E-state index in [1.165, 1.54) is 12.1 Å². The first-order valence-electron chi connectivity index (χ1n) is 6.35. The summed E-state index contributed by atoms with van der Waals surface area (Å²) in [5.41, 5.74) is -0.352. The number of benzene rings is 1. The SMILES string of the molecule is CC(C)CC1(c2c(F)ccc(Br)c2F)CCCN1. The molecule has 1 aliphatic rings. The van der Waals surface area contributed by atoms with Crippen LogP contribution >= 0.6 is 15.9 Å². The van der Waals surface area contributed by atoms with E-state index in [0.29, 0.717) is 10.4 Å². The summed E-state index contributed by atoms with van der Waals surface area (Å²) in [4.78, 5) is 0. The highest BCUT2D eigenvalue weighted by Gasteiger charge is 2.40. The van der Waals surface area contributed by atoms with Gasteiger partial charge in [-0.25, -0.2) is 8.78 Å². The van der Waals surface area contributed by atoms with Crippen molar-refractivity contribution in [3.63, 3.8) is 0 Å². The molecule has 1 fully saturated rings. The second-order valence-electron chi connectivity index (χ2n) is 5.43. The summed E-state index contributed by atoms with van der Waals surface area (Å²) in [6.07, 6.45) is 2.49. The van der Waals surface area contributed by atoms with Gasteiger partial charge in [-0.2, -0.15) is 0 Å². The summed E-state index contributed by atoms with van der Waals surface area (Å²) in [6, 6.07) is 2.76. The number of halogens is 3. The molecule has 1 N–H and O–H groups in total. The lowest BCUT2D eigenvalue weighted by Crippen LogP contribution is -2.40. The van der Waals surface area contributed by atoms with Crippen molar-refractivity contribution >= 4 is 15.9 Å². The Morgan fingerprint density at radius 1 is 1.39 bits per heavy atom. The van der Waals surface area contributed by atoms with E-state index in [-0.39, 0.29) is 5.56 Å². The van der Waals surface area contributed by atoms with E-state index in [0.717, 1.165) is 25.8 Å². The van der Waals surface area contributed by atoms with Crippen molar-refractivity contribution in [3.05, 3.63) is 33.8 Å². The molecule has 2 rings (SSSR count). The average Bonchev–Trinajstić information content (AvgIpc) is 2.72. The maximum absolute atomic E-state index is 14.3. The Hall–Kier alpha value is -0.480. The third kappa shape index (κ3) is 2.45. The van der Waals surface area contributed by atoms with Crippen molar-refractivity contribution in [2.24, 2.45) is 5.92 Å². The van der Waals surface area contributed by atoms with Crippen LogP contribution in [0.4, 0.5) is 8.78 Å². The van der Waals surface area contributed by atoms with Gasteiger partial charge in [-0.05, 0) is 59.8 Å². The van der Waals surface area contributed by atoms with Gasteiger partial charge in [0, 0.05) is 11.1 Å². The molecule has 0 aromatic heterocycles. The predicted molar refractivity (Wildman–Crippen MR) is 72.4 cm³/mol. The van der Waals surface area contributed by atoms with Crippen molar-refractivity contribution in [3.8, 4) is 0 Å². The van der Waals surface area contributed by atoms with Gasteiger partial charge in [0.25, 0.3) is 0 Å². The topological polar surface area (TPSA) is 12.0 Å². The van der Waals surface area contributed by atoms with Crippen LogP contribution in [0.15, 0.2) is 16.6 Å². The lowest BCUT2D eigenvalue weighted by atomic mass is 9.80. The molecule has 1 nitrogen and oxygen atoms in total. The van der Waals surface area contributed by atoms with Crippen LogP contribution in [0.3, 0.4) is 0 Å². The molecular formula is C14H18BrF2N. The van der Waals surface area contributed by atoms with E-state index < -0.39 is 17.2 Å². The number of nitrogens with one attached hydrogen (secondary N) is 1. The highest BCUT2D eigenvalue weighted by Crippen LogP contribution is 2.40. The minimum Gasteiger partial charge on any atom is -0.307 e. The van der Waals surface area contributed by atoms with Crippen LogP contribution in [0.1, 0.15) is 38.7 Å². The highest BCUT2D eigenvalue weighted by atomic mass is 79.9. The molecule has 1 aliphatic heterocycles. The monoisotopic (exact) mass is 317 g/mol. The standard InChI is InChI=1S/C14H18BrF2N/c1-9(2)8-14(6-3-7-18-14)12-11(16)5-4-10(15)13(12)17/h4-5,9,18H,3,6-8H2,1-2H3. The molecular weight excluding hydrogens is 300 g/mol. The molecule has 1 atom stereocenters. The van der Waals surface area contributed by atoms with E-state index in [4.69, 9.17) is 0 Å². The van der Waals surface area contributed by atoms with Crippen LogP contribution in [0.2, 0.25) is 0 Å². The van der Waals surface area contributed by atoms with Crippen molar-refractivity contribution in [1.82, 2.24) is 5.32 Å². The molecule has 1 heterocycles. The van der Waals surface area contributed by atoms with E-state index in [1.54, 1.807) is 0 Å². The Balaban J connectivity index is 2.52. The van der Waals surface area contributed by atoms with Gasteiger partial charge in [0.1, 0.15) is 11.6 Å². The van der Waals surface area contributed by atoms with Gasteiger partial charge in [0.15, 0.2) is 0 Å². The van der Waals surface area contributed by atoms with Crippen molar-refractivity contribution in [1.29, 1.82) is 0 Å². The van der Waals surface area contributed by atoms with E-state index >= 15 is 0 Å². The molecule has 0 bridgehead atoms. The molecule has 0 aliphatic carbocycles. The van der Waals surface area contributed by atoms with E-state index in [1.807, 2.05) is 0 Å². The normalized spacial score (nSPS) is 23.9. The molecule has 0 radical (unpaired) electrons. The number of rotatable bonds is 3. The Kier molecular flexibility index (Phi) is 4.07. The first-order valence-corrected chi connectivity index (χ1v) is 7.14. The zero-order valence-corrected chi connectivity index (χ0v) is 12.3. The fourth-order valence-corrected chi connectivity index (χ4v) is 3.29. The molecule has 1 aromatic rings. The molecule has 0 spiro atoms. The fourth-order valence-electron chi connectivity index (χ4n) is 2.96. The molecule has 18 heavy (non-hydrogen) atoms. The van der Waals surface area contributed by atoms with Gasteiger partial charge in [-0.1, -0.05) is 13.8 Å². The summed E-state index contributed by atoms with van der Waals surface area (Å²) in [5, 5.41) is 3.33. The van der Waals surface area contributed by atoms with Crippen LogP contribution < -0.4 is 5.32 Å². The molecule has 0 amide bonds. The van der Waals surface area contributed by atoms with Crippen molar-refractivity contribution in [2.45, 2.75) is 38.6 Å². The highest BCUT2D eigenvalue weighted by molar-refractivity contribution is 9.10. The van der Waals surface area contributed by atoms with Crippen LogP contribution in [-0.2, 0) is 5.54 Å². The Labute approximate surface area is 115 Å². The molecule has 0 saturated carbocycles. The van der Waals surface area contributed by atoms with Crippen LogP contribution in [-0.4, -0.2) is 6.54 Å². The van der Waals surface area contributed by atoms with Crippen molar-refractivity contribution < 1.29 is 8.78 Å². The second kappa shape index (κ2) is 5.25. The van der Waals surface area contributed by atoms with Crippen LogP contribution in [0, 0.1) is 17.6 Å². The van der Waals surface area contributed by atoms with Gasteiger partial charge >= 0.3 is 0 Å². The quantitative estimate of drug-likeness (QED) is 0.817. The molecule has 100 valence electrons. The third-order valence-corrected chi connectivity index (χ3v) is 4.14. The molecule has 1 aromatic carbocycles. The number of hydrogen-bond donors (Lipinski definition) is 1. The Morgan fingerprint density at radius 2 is 2.11 bits per heavy atom. The van der Waals surface area contributed by atoms with E-state index in [9.17, 15) is 8.78 Å². The number of hydrogen-bond acceptors (Lipinski definition) is 1. The van der Waals surface area contributed by atoms with Crippen LogP contribution in [0.25, 0.3) is 0 Å². The molecule has 1 saturated heterocycles. The maximum Gasteiger partial charge on any atom is 0.145 e. The molecule has 4 heteroatoms. The summed E-state index contributed by atoms with van der Waals surface area (Å²) in [5.74, 6) is -0.538. The summed E-state index contributed by atoms with van der Waals surface area (Å²) < 4.78 is 28.7. The van der Waals surface area contributed by atoms with Gasteiger partial charge in [-0.15, -0.1) is 0 Å². The summed E-state index contributed by atoms with van der Waals surface area (Å²) in [7, 11) is 0. The summed E-state index contributed by atoms with van der Waals surface area (Å²) >= 11 is 3.15. The maximum atomic E-state index is 14.3. The van der Waals surface area contributed by atoms with Gasteiger partial charge in [0.05, 0.1) is 4.47 Å². The smallest absolute Gasteiger partial charge is 0.145 e. The van der Waals surface area contributed by atoms with Crippen LogP contribution in [0.5, 0.6) is 0 Å². The van der Waals surface area contributed by atoms with Gasteiger partial charge in [-0.3, -0.25) is 0 Å². The van der Waals surface area contributed by atoms with Gasteiger partial charge < -0.3 is 5.32 Å². The summed E-state index contributed by atoms with van der Waals surface area (Å²) in [6.45, 7) is 4.98.